The lowest BCUT2D eigenvalue weighted by Crippen LogP contribution is -2.39. The Bertz CT molecular complexity index is 227. The molecule has 0 aliphatic carbocycles. The topological polar surface area (TPSA) is 15.3 Å². The molecule has 0 saturated carbocycles. The van der Waals surface area contributed by atoms with Crippen molar-refractivity contribution in [3.05, 3.63) is 18.7 Å². The Morgan fingerprint density at radius 3 is 2.38 bits per heavy atom. The van der Waals surface area contributed by atoms with E-state index < -0.39 is 0 Å². The average molecular weight is 183 g/mol. The summed E-state index contributed by atoms with van der Waals surface area (Å²) < 4.78 is 4.31. The van der Waals surface area contributed by atoms with Gasteiger partial charge in [-0.1, -0.05) is 0 Å². The summed E-state index contributed by atoms with van der Waals surface area (Å²) in [6.45, 7) is 1.86. The van der Waals surface area contributed by atoms with Crippen LogP contribution in [0.15, 0.2) is 18.7 Å². The lowest BCUT2D eigenvalue weighted by molar-refractivity contribution is -0.713. The molecule has 1 rings (SSSR count). The highest BCUT2D eigenvalue weighted by atomic mass is 15.3. The third-order valence-corrected chi connectivity index (χ3v) is 1.64. The third-order valence-electron chi connectivity index (χ3n) is 1.64. The molecule has 0 aromatic carbocycles. The summed E-state index contributed by atoms with van der Waals surface area (Å²) in [6.07, 6.45) is 6.28. The van der Waals surface area contributed by atoms with Crippen LogP contribution in [0.25, 0.3) is 0 Å². The normalized spacial score (nSPS) is 11.5. The second kappa shape index (κ2) is 4.39. The molecule has 0 unspecified atom stereocenters. The van der Waals surface area contributed by atoms with Crippen LogP contribution in [0.5, 0.6) is 0 Å². The average Bonchev–Trinajstić information content (AvgIpc) is 2.33. The van der Waals surface area contributed by atoms with E-state index in [2.05, 4.69) is 65.8 Å². The fourth-order valence-electron chi connectivity index (χ4n) is 1.26. The van der Waals surface area contributed by atoms with Crippen molar-refractivity contribution >= 4 is 0 Å². The number of aromatic nitrogens is 2. The molecule has 0 N–H and O–H groups in total. The first-order valence-electron chi connectivity index (χ1n) is 4.42. The number of nitrogens with zero attached hydrogens (tertiary/aromatic N) is 4. The van der Waals surface area contributed by atoms with Crippen molar-refractivity contribution < 1.29 is 4.57 Å². The molecule has 0 fully saturated rings. The van der Waals surface area contributed by atoms with Gasteiger partial charge in [0.15, 0.2) is 0 Å². The summed E-state index contributed by atoms with van der Waals surface area (Å²) in [4.78, 5) is 4.28. The van der Waals surface area contributed by atoms with Gasteiger partial charge in [-0.3, -0.25) is 9.80 Å². The molecule has 0 amide bonds. The third kappa shape index (κ3) is 3.57. The zero-order valence-electron chi connectivity index (χ0n) is 8.94. The van der Waals surface area contributed by atoms with E-state index in [4.69, 9.17) is 0 Å². The van der Waals surface area contributed by atoms with E-state index in [0.29, 0.717) is 0 Å². The minimum Gasteiger partial charge on any atom is -0.274 e. The van der Waals surface area contributed by atoms with Gasteiger partial charge in [-0.25, -0.2) is 9.13 Å². The maximum absolute atomic E-state index is 2.16. The second-order valence-electron chi connectivity index (χ2n) is 3.88. The predicted molar refractivity (Wildman–Crippen MR) is 52.0 cm³/mol. The van der Waals surface area contributed by atoms with E-state index in [1.165, 1.54) is 0 Å². The Labute approximate surface area is 80.0 Å². The van der Waals surface area contributed by atoms with E-state index >= 15 is 0 Å². The first kappa shape index (κ1) is 10.2. The fourth-order valence-corrected chi connectivity index (χ4v) is 1.26. The molecule has 1 aromatic heterocycles. The van der Waals surface area contributed by atoms with Gasteiger partial charge in [0.05, 0.1) is 0 Å². The van der Waals surface area contributed by atoms with Gasteiger partial charge < -0.3 is 0 Å². The minimum absolute atomic E-state index is 0.931. The summed E-state index contributed by atoms with van der Waals surface area (Å²) in [5, 5.41) is 0. The van der Waals surface area contributed by atoms with Crippen LogP contribution < -0.4 is 4.57 Å². The van der Waals surface area contributed by atoms with Crippen LogP contribution in [-0.2, 0) is 13.3 Å². The molecule has 0 spiro atoms. The first-order chi connectivity index (χ1) is 6.08. The first-order valence-corrected chi connectivity index (χ1v) is 4.42. The maximum atomic E-state index is 2.16. The Hall–Kier alpha value is -0.870. The van der Waals surface area contributed by atoms with E-state index in [0.717, 1.165) is 13.3 Å². The minimum atomic E-state index is 0.931. The van der Waals surface area contributed by atoms with Gasteiger partial charge in [0, 0.05) is 0 Å². The summed E-state index contributed by atoms with van der Waals surface area (Å²) in [5.74, 6) is 0. The van der Waals surface area contributed by atoms with Gasteiger partial charge in [-0.05, 0) is 28.2 Å². The van der Waals surface area contributed by atoms with Crippen molar-refractivity contribution in [2.24, 2.45) is 0 Å². The Morgan fingerprint density at radius 2 is 1.85 bits per heavy atom. The van der Waals surface area contributed by atoms with Crippen LogP contribution >= 0.6 is 0 Å². The van der Waals surface area contributed by atoms with Crippen LogP contribution in [-0.4, -0.2) is 42.6 Å². The molecule has 0 saturated heterocycles. The van der Waals surface area contributed by atoms with Crippen molar-refractivity contribution in [3.63, 3.8) is 0 Å². The molecular formula is C9H19N4+. The van der Waals surface area contributed by atoms with Crippen LogP contribution in [0.3, 0.4) is 0 Å². The molecule has 13 heavy (non-hydrogen) atoms. The molecule has 0 atom stereocenters. The number of imidazole rings is 1. The SMILES string of the molecule is CN(C)Cn1cc[n+](CN(C)C)c1. The largest absolute Gasteiger partial charge is 0.274 e. The summed E-state index contributed by atoms with van der Waals surface area (Å²) in [7, 11) is 8.26. The maximum Gasteiger partial charge on any atom is 0.245 e. The molecule has 0 radical (unpaired) electrons. The van der Waals surface area contributed by atoms with Crippen LogP contribution in [0, 0.1) is 0 Å². The van der Waals surface area contributed by atoms with Crippen LogP contribution in [0.4, 0.5) is 0 Å². The summed E-state index contributed by atoms with van der Waals surface area (Å²) in [6, 6.07) is 0. The van der Waals surface area contributed by atoms with Crippen LogP contribution in [0.1, 0.15) is 0 Å². The highest BCUT2D eigenvalue weighted by molar-refractivity contribution is 4.65. The zero-order chi connectivity index (χ0) is 9.84. The molecule has 74 valence electrons. The monoisotopic (exact) mass is 183 g/mol. The zero-order valence-corrected chi connectivity index (χ0v) is 8.94. The van der Waals surface area contributed by atoms with E-state index in [-0.39, 0.29) is 0 Å². The van der Waals surface area contributed by atoms with Crippen molar-refractivity contribution in [1.82, 2.24) is 14.4 Å². The van der Waals surface area contributed by atoms with Gasteiger partial charge in [0.25, 0.3) is 0 Å². The molecular weight excluding hydrogens is 164 g/mol. The molecule has 0 aliphatic heterocycles. The fraction of sp³-hybridized carbons (Fsp3) is 0.667. The molecule has 1 heterocycles. The smallest absolute Gasteiger partial charge is 0.245 e. The Morgan fingerprint density at radius 1 is 1.15 bits per heavy atom. The molecule has 4 nitrogen and oxygen atoms in total. The van der Waals surface area contributed by atoms with E-state index in [9.17, 15) is 0 Å². The number of hydrogen-bond acceptors (Lipinski definition) is 2. The lowest BCUT2D eigenvalue weighted by atomic mass is 10.8. The van der Waals surface area contributed by atoms with Gasteiger partial charge >= 0.3 is 0 Å². The van der Waals surface area contributed by atoms with Crippen molar-refractivity contribution in [1.29, 1.82) is 0 Å². The van der Waals surface area contributed by atoms with Crippen molar-refractivity contribution in [2.75, 3.05) is 28.2 Å². The standard InChI is InChI=1S/C9H19N4/c1-10(2)7-12-5-6-13(9-12)8-11(3)4/h5-6,9H,7-8H2,1-4H3/q+1. The van der Waals surface area contributed by atoms with Crippen LogP contribution in [0.2, 0.25) is 0 Å². The molecule has 0 bridgehead atoms. The lowest BCUT2D eigenvalue weighted by Gasteiger charge is -2.06. The van der Waals surface area contributed by atoms with Gasteiger partial charge in [0.2, 0.25) is 6.33 Å². The number of hydrogen-bond donors (Lipinski definition) is 0. The molecule has 4 heteroatoms. The van der Waals surface area contributed by atoms with Gasteiger partial charge in [-0.2, -0.15) is 0 Å². The highest BCUT2D eigenvalue weighted by Gasteiger charge is 2.04. The summed E-state index contributed by atoms with van der Waals surface area (Å²) >= 11 is 0. The second-order valence-corrected chi connectivity index (χ2v) is 3.88. The Balaban J connectivity index is 2.53. The highest BCUT2D eigenvalue weighted by Crippen LogP contribution is 1.87. The van der Waals surface area contributed by atoms with Gasteiger partial charge in [-0.15, -0.1) is 0 Å². The van der Waals surface area contributed by atoms with E-state index in [1.54, 1.807) is 0 Å². The predicted octanol–water partition coefficient (Wildman–Crippen LogP) is -0.186. The van der Waals surface area contributed by atoms with Crippen molar-refractivity contribution in [2.45, 2.75) is 13.3 Å². The number of rotatable bonds is 4. The molecule has 1 aromatic rings. The Kier molecular flexibility index (Phi) is 3.45. The van der Waals surface area contributed by atoms with E-state index in [1.807, 2.05) is 0 Å². The molecule has 0 aliphatic rings. The van der Waals surface area contributed by atoms with Crippen molar-refractivity contribution in [3.8, 4) is 0 Å². The summed E-state index contributed by atoms with van der Waals surface area (Å²) in [5.41, 5.74) is 0. The quantitative estimate of drug-likeness (QED) is 0.601. The van der Waals surface area contributed by atoms with Gasteiger partial charge in [0.1, 0.15) is 25.7 Å².